The topological polar surface area (TPSA) is 12.0 Å². The molecule has 1 atom stereocenters. The van der Waals surface area contributed by atoms with Crippen LogP contribution in [0.15, 0.2) is 42.5 Å². The standard InChI is InChI=1S/C16H16Cl2FN/c1-2-20-15(10-11-6-3-4-9-14(11)19)16-12(17)7-5-8-13(16)18/h3-9,15,20H,2,10H2,1H3. The van der Waals surface area contributed by atoms with Crippen molar-refractivity contribution in [1.29, 1.82) is 0 Å². The van der Waals surface area contributed by atoms with E-state index in [1.807, 2.05) is 13.0 Å². The normalized spacial score (nSPS) is 12.4. The van der Waals surface area contributed by atoms with E-state index in [2.05, 4.69) is 5.32 Å². The van der Waals surface area contributed by atoms with Crippen molar-refractivity contribution in [3.63, 3.8) is 0 Å². The van der Waals surface area contributed by atoms with Gasteiger partial charge in [-0.1, -0.05) is 54.4 Å². The van der Waals surface area contributed by atoms with Crippen LogP contribution in [-0.4, -0.2) is 6.54 Å². The summed E-state index contributed by atoms with van der Waals surface area (Å²) >= 11 is 12.5. The van der Waals surface area contributed by atoms with Gasteiger partial charge in [0.05, 0.1) is 0 Å². The molecule has 4 heteroatoms. The van der Waals surface area contributed by atoms with E-state index in [1.165, 1.54) is 6.07 Å². The Morgan fingerprint density at radius 2 is 1.70 bits per heavy atom. The minimum atomic E-state index is -0.210. The van der Waals surface area contributed by atoms with Crippen LogP contribution in [0.3, 0.4) is 0 Å². The lowest BCUT2D eigenvalue weighted by molar-refractivity contribution is 0.528. The molecule has 20 heavy (non-hydrogen) atoms. The first-order valence-corrected chi connectivity index (χ1v) is 7.29. The first kappa shape index (κ1) is 15.3. The quantitative estimate of drug-likeness (QED) is 0.817. The average Bonchev–Trinajstić information content (AvgIpc) is 2.41. The van der Waals surface area contributed by atoms with Crippen LogP contribution in [0.4, 0.5) is 4.39 Å². The van der Waals surface area contributed by atoms with Gasteiger partial charge in [-0.3, -0.25) is 0 Å². The summed E-state index contributed by atoms with van der Waals surface area (Å²) < 4.78 is 13.8. The SMILES string of the molecule is CCNC(Cc1ccccc1F)c1c(Cl)cccc1Cl. The summed E-state index contributed by atoms with van der Waals surface area (Å²) in [6.45, 7) is 2.75. The second-order valence-electron chi connectivity index (χ2n) is 4.54. The highest BCUT2D eigenvalue weighted by Gasteiger charge is 2.19. The number of nitrogens with one attached hydrogen (secondary N) is 1. The van der Waals surface area contributed by atoms with Gasteiger partial charge in [-0.2, -0.15) is 0 Å². The molecule has 2 aromatic rings. The zero-order valence-corrected chi connectivity index (χ0v) is 12.7. The third-order valence-electron chi connectivity index (χ3n) is 3.18. The summed E-state index contributed by atoms with van der Waals surface area (Å²) in [5.74, 6) is -0.210. The molecule has 0 bridgehead atoms. The maximum absolute atomic E-state index is 13.8. The number of halogens is 3. The molecule has 0 spiro atoms. The Balaban J connectivity index is 2.35. The fraction of sp³-hybridized carbons (Fsp3) is 0.250. The lowest BCUT2D eigenvalue weighted by atomic mass is 9.98. The molecule has 0 heterocycles. The molecule has 106 valence electrons. The largest absolute Gasteiger partial charge is 0.310 e. The molecule has 0 saturated carbocycles. The summed E-state index contributed by atoms with van der Waals surface area (Å²) in [5.41, 5.74) is 1.47. The number of benzene rings is 2. The van der Waals surface area contributed by atoms with Crippen LogP contribution < -0.4 is 5.32 Å². The van der Waals surface area contributed by atoms with Gasteiger partial charge in [0.1, 0.15) is 5.82 Å². The van der Waals surface area contributed by atoms with Crippen molar-refractivity contribution in [1.82, 2.24) is 5.32 Å². The second-order valence-corrected chi connectivity index (χ2v) is 5.36. The highest BCUT2D eigenvalue weighted by molar-refractivity contribution is 6.36. The lowest BCUT2D eigenvalue weighted by Crippen LogP contribution is -2.24. The minimum Gasteiger partial charge on any atom is -0.310 e. The van der Waals surface area contributed by atoms with Gasteiger partial charge >= 0.3 is 0 Å². The predicted octanol–water partition coefficient (Wildman–Crippen LogP) is 5.03. The zero-order valence-electron chi connectivity index (χ0n) is 11.2. The van der Waals surface area contributed by atoms with Crippen LogP contribution in [0.2, 0.25) is 10.0 Å². The van der Waals surface area contributed by atoms with Gasteiger partial charge in [-0.05, 0) is 36.7 Å². The van der Waals surface area contributed by atoms with Crippen molar-refractivity contribution in [2.24, 2.45) is 0 Å². The van der Waals surface area contributed by atoms with Gasteiger partial charge < -0.3 is 5.32 Å². The fourth-order valence-electron chi connectivity index (χ4n) is 2.25. The third kappa shape index (κ3) is 3.51. The summed E-state index contributed by atoms with van der Waals surface area (Å²) in [6, 6.07) is 12.1. The molecule has 1 unspecified atom stereocenters. The van der Waals surface area contributed by atoms with Crippen LogP contribution in [0, 0.1) is 5.82 Å². The Kier molecular flexibility index (Phi) is 5.41. The lowest BCUT2D eigenvalue weighted by Gasteiger charge is -2.21. The van der Waals surface area contributed by atoms with Crippen LogP contribution in [0.5, 0.6) is 0 Å². The van der Waals surface area contributed by atoms with Crippen LogP contribution >= 0.6 is 23.2 Å². The van der Waals surface area contributed by atoms with Crippen molar-refractivity contribution in [3.05, 3.63) is 69.5 Å². The molecule has 2 rings (SSSR count). The Labute approximate surface area is 128 Å². The van der Waals surface area contributed by atoms with Gasteiger partial charge in [0.2, 0.25) is 0 Å². The molecule has 2 aromatic carbocycles. The number of rotatable bonds is 5. The van der Waals surface area contributed by atoms with E-state index < -0.39 is 0 Å². The summed E-state index contributed by atoms with van der Waals surface area (Å²) in [7, 11) is 0. The molecule has 0 radical (unpaired) electrons. The van der Waals surface area contributed by atoms with Gasteiger partial charge in [-0.15, -0.1) is 0 Å². The molecular formula is C16H16Cl2FN. The summed E-state index contributed by atoms with van der Waals surface area (Å²) in [5, 5.41) is 4.51. The molecule has 0 amide bonds. The van der Waals surface area contributed by atoms with Crippen molar-refractivity contribution in [2.45, 2.75) is 19.4 Å². The first-order valence-electron chi connectivity index (χ1n) is 6.54. The van der Waals surface area contributed by atoms with Crippen molar-refractivity contribution in [3.8, 4) is 0 Å². The molecule has 0 aliphatic rings. The summed E-state index contributed by atoms with van der Waals surface area (Å²) in [6.07, 6.45) is 0.504. The van der Waals surface area contributed by atoms with E-state index in [0.29, 0.717) is 22.0 Å². The molecular weight excluding hydrogens is 296 g/mol. The highest BCUT2D eigenvalue weighted by Crippen LogP contribution is 2.32. The van der Waals surface area contributed by atoms with Gasteiger partial charge in [-0.25, -0.2) is 4.39 Å². The Hall–Kier alpha value is -1.09. The van der Waals surface area contributed by atoms with Crippen molar-refractivity contribution >= 4 is 23.2 Å². The molecule has 0 aliphatic heterocycles. The Bertz CT molecular complexity index is 566. The van der Waals surface area contributed by atoms with Gasteiger partial charge in [0, 0.05) is 21.7 Å². The van der Waals surface area contributed by atoms with Crippen LogP contribution in [-0.2, 0) is 6.42 Å². The summed E-state index contributed by atoms with van der Waals surface area (Å²) in [4.78, 5) is 0. The third-order valence-corrected chi connectivity index (χ3v) is 3.84. The fourth-order valence-corrected chi connectivity index (χ4v) is 2.91. The van der Waals surface area contributed by atoms with Crippen molar-refractivity contribution in [2.75, 3.05) is 6.54 Å². The number of hydrogen-bond acceptors (Lipinski definition) is 1. The molecule has 0 fully saturated rings. The second kappa shape index (κ2) is 7.07. The predicted molar refractivity (Wildman–Crippen MR) is 83.0 cm³/mol. The molecule has 0 saturated heterocycles. The molecule has 0 aromatic heterocycles. The zero-order chi connectivity index (χ0) is 14.5. The van der Waals surface area contributed by atoms with E-state index in [4.69, 9.17) is 23.2 Å². The van der Waals surface area contributed by atoms with Gasteiger partial charge in [0.25, 0.3) is 0 Å². The van der Waals surface area contributed by atoms with E-state index in [0.717, 1.165) is 12.1 Å². The number of hydrogen-bond donors (Lipinski definition) is 1. The van der Waals surface area contributed by atoms with Gasteiger partial charge in [0.15, 0.2) is 0 Å². The Morgan fingerprint density at radius 3 is 2.30 bits per heavy atom. The van der Waals surface area contributed by atoms with Crippen LogP contribution in [0.1, 0.15) is 24.1 Å². The molecule has 1 nitrogen and oxygen atoms in total. The maximum Gasteiger partial charge on any atom is 0.126 e. The molecule has 0 aliphatic carbocycles. The minimum absolute atomic E-state index is 0.113. The molecule has 1 N–H and O–H groups in total. The first-order chi connectivity index (χ1) is 9.63. The maximum atomic E-state index is 13.8. The smallest absolute Gasteiger partial charge is 0.126 e. The average molecular weight is 312 g/mol. The van der Waals surface area contributed by atoms with E-state index in [9.17, 15) is 4.39 Å². The van der Waals surface area contributed by atoms with E-state index in [1.54, 1.807) is 30.3 Å². The van der Waals surface area contributed by atoms with Crippen LogP contribution in [0.25, 0.3) is 0 Å². The monoisotopic (exact) mass is 311 g/mol. The number of likely N-dealkylation sites (N-methyl/N-ethyl adjacent to an activating group) is 1. The van der Waals surface area contributed by atoms with E-state index >= 15 is 0 Å². The van der Waals surface area contributed by atoms with E-state index in [-0.39, 0.29) is 11.9 Å². The Morgan fingerprint density at radius 1 is 1.05 bits per heavy atom. The van der Waals surface area contributed by atoms with Crippen molar-refractivity contribution < 1.29 is 4.39 Å². The highest BCUT2D eigenvalue weighted by atomic mass is 35.5.